The summed E-state index contributed by atoms with van der Waals surface area (Å²) < 4.78 is 15.6. The highest BCUT2D eigenvalue weighted by Crippen LogP contribution is 2.03. The Bertz CT molecular complexity index is 397. The van der Waals surface area contributed by atoms with Gasteiger partial charge >= 0.3 is 6.09 Å². The van der Waals surface area contributed by atoms with Gasteiger partial charge in [0, 0.05) is 13.2 Å². The number of benzene rings is 1. The van der Waals surface area contributed by atoms with E-state index in [1.165, 1.54) is 5.56 Å². The quantitative estimate of drug-likeness (QED) is 0.567. The van der Waals surface area contributed by atoms with Crippen LogP contribution in [0.4, 0.5) is 4.79 Å². The van der Waals surface area contributed by atoms with E-state index in [0.29, 0.717) is 26.4 Å². The van der Waals surface area contributed by atoms with E-state index in [1.54, 1.807) is 0 Å². The van der Waals surface area contributed by atoms with Gasteiger partial charge in [-0.15, -0.1) is 0 Å². The lowest BCUT2D eigenvalue weighted by atomic mass is 10.1. The lowest BCUT2D eigenvalue weighted by molar-refractivity contribution is 0.0283. The average molecular weight is 323 g/mol. The van der Waals surface area contributed by atoms with Crippen LogP contribution >= 0.6 is 0 Å². The molecule has 0 aromatic heterocycles. The third kappa shape index (κ3) is 11.6. The smallest absolute Gasteiger partial charge is 0.407 e. The molecule has 130 valence electrons. The summed E-state index contributed by atoms with van der Waals surface area (Å²) in [6, 6.07) is 10.3. The Morgan fingerprint density at radius 1 is 0.957 bits per heavy atom. The van der Waals surface area contributed by atoms with Gasteiger partial charge in [0.25, 0.3) is 0 Å². The number of carbonyl (C=O) groups excluding carboxylic acids is 1. The lowest BCUT2D eigenvalue weighted by Crippen LogP contribution is -2.26. The number of alkyl carbamates (subject to hydrolysis) is 1. The van der Waals surface area contributed by atoms with E-state index in [4.69, 9.17) is 14.2 Å². The van der Waals surface area contributed by atoms with E-state index in [0.717, 1.165) is 32.3 Å². The van der Waals surface area contributed by atoms with Crippen molar-refractivity contribution in [1.29, 1.82) is 0 Å². The normalized spacial score (nSPS) is 10.5. The zero-order chi connectivity index (χ0) is 16.6. The molecule has 5 nitrogen and oxygen atoms in total. The van der Waals surface area contributed by atoms with E-state index in [1.807, 2.05) is 18.2 Å². The van der Waals surface area contributed by atoms with Gasteiger partial charge in [-0.05, 0) is 31.2 Å². The maximum Gasteiger partial charge on any atom is 0.407 e. The van der Waals surface area contributed by atoms with Gasteiger partial charge in [0.1, 0.15) is 6.61 Å². The van der Waals surface area contributed by atoms with E-state index >= 15 is 0 Å². The molecule has 0 saturated heterocycles. The molecule has 1 aromatic carbocycles. The second-order valence-electron chi connectivity index (χ2n) is 5.23. The van der Waals surface area contributed by atoms with Crippen molar-refractivity contribution < 1.29 is 19.0 Å². The number of hydrogen-bond donors (Lipinski definition) is 1. The van der Waals surface area contributed by atoms with E-state index < -0.39 is 0 Å². The fourth-order valence-electron chi connectivity index (χ4n) is 2.00. The highest BCUT2D eigenvalue weighted by atomic mass is 16.6. The fourth-order valence-corrected chi connectivity index (χ4v) is 2.00. The predicted octanol–water partition coefficient (Wildman–Crippen LogP) is 3.18. The average Bonchev–Trinajstić information content (AvgIpc) is 2.58. The van der Waals surface area contributed by atoms with Gasteiger partial charge in [-0.3, -0.25) is 0 Å². The Morgan fingerprint density at radius 2 is 1.65 bits per heavy atom. The first-order valence-electron chi connectivity index (χ1n) is 8.43. The van der Waals surface area contributed by atoms with Crippen LogP contribution in [0.25, 0.3) is 0 Å². The number of aryl methyl sites for hydroxylation is 1. The van der Waals surface area contributed by atoms with Crippen molar-refractivity contribution in [1.82, 2.24) is 5.32 Å². The molecule has 1 N–H and O–H groups in total. The Kier molecular flexibility index (Phi) is 11.9. The molecule has 1 aromatic rings. The largest absolute Gasteiger partial charge is 0.447 e. The third-order valence-electron chi connectivity index (χ3n) is 3.19. The van der Waals surface area contributed by atoms with Crippen LogP contribution < -0.4 is 5.32 Å². The maximum atomic E-state index is 11.4. The number of hydrogen-bond acceptors (Lipinski definition) is 4. The second kappa shape index (κ2) is 14.0. The summed E-state index contributed by atoms with van der Waals surface area (Å²) in [7, 11) is 0. The van der Waals surface area contributed by atoms with Crippen molar-refractivity contribution >= 4 is 6.09 Å². The molecule has 0 fully saturated rings. The molecule has 0 saturated carbocycles. The van der Waals surface area contributed by atoms with Gasteiger partial charge in [0.2, 0.25) is 0 Å². The molecule has 0 aliphatic rings. The van der Waals surface area contributed by atoms with Gasteiger partial charge in [0.05, 0.1) is 19.8 Å². The molecule has 0 aliphatic heterocycles. The Labute approximate surface area is 139 Å². The first-order valence-corrected chi connectivity index (χ1v) is 8.43. The first-order chi connectivity index (χ1) is 11.3. The van der Waals surface area contributed by atoms with Crippen LogP contribution in [0.1, 0.15) is 31.7 Å². The third-order valence-corrected chi connectivity index (χ3v) is 3.19. The van der Waals surface area contributed by atoms with Gasteiger partial charge < -0.3 is 19.5 Å². The molecule has 0 radical (unpaired) electrons. The minimum Gasteiger partial charge on any atom is -0.447 e. The Balaban J connectivity index is 1.85. The van der Waals surface area contributed by atoms with Gasteiger partial charge in [-0.2, -0.15) is 0 Å². The molecule has 0 unspecified atom stereocenters. The first kappa shape index (κ1) is 19.5. The molecule has 0 aliphatic carbocycles. The number of unbranched alkanes of at least 4 members (excludes halogenated alkanes) is 1. The summed E-state index contributed by atoms with van der Waals surface area (Å²) in [5.74, 6) is 0. The maximum absolute atomic E-state index is 11.4. The van der Waals surface area contributed by atoms with Crippen LogP contribution in [-0.2, 0) is 20.6 Å². The molecule has 1 amide bonds. The van der Waals surface area contributed by atoms with Crippen LogP contribution in [0.2, 0.25) is 0 Å². The van der Waals surface area contributed by atoms with E-state index in [9.17, 15) is 4.79 Å². The van der Waals surface area contributed by atoms with Gasteiger partial charge in [-0.1, -0.05) is 37.3 Å². The predicted molar refractivity (Wildman–Crippen MR) is 90.7 cm³/mol. The number of ether oxygens (including phenoxy) is 3. The van der Waals surface area contributed by atoms with Crippen LogP contribution in [-0.4, -0.2) is 45.7 Å². The highest BCUT2D eigenvalue weighted by Gasteiger charge is 2.01. The van der Waals surface area contributed by atoms with E-state index in [2.05, 4.69) is 24.4 Å². The van der Waals surface area contributed by atoms with Crippen LogP contribution in [0, 0.1) is 0 Å². The molecular weight excluding hydrogens is 294 g/mol. The van der Waals surface area contributed by atoms with Crippen molar-refractivity contribution in [2.45, 2.75) is 32.6 Å². The Morgan fingerprint density at radius 3 is 2.39 bits per heavy atom. The van der Waals surface area contributed by atoms with Crippen molar-refractivity contribution in [2.24, 2.45) is 0 Å². The standard InChI is InChI=1S/C18H29NO4/c1-2-12-21-13-14-22-15-16-23-18(20)19-11-7-6-10-17-8-4-3-5-9-17/h3-5,8-9H,2,6-7,10-16H2,1H3,(H,19,20). The van der Waals surface area contributed by atoms with Crippen molar-refractivity contribution in [3.8, 4) is 0 Å². The molecule has 23 heavy (non-hydrogen) atoms. The van der Waals surface area contributed by atoms with Crippen LogP contribution in [0.15, 0.2) is 30.3 Å². The summed E-state index contributed by atoms with van der Waals surface area (Å²) in [6.45, 7) is 5.24. The SMILES string of the molecule is CCCOCCOCCOC(=O)NCCCCc1ccccc1. The number of nitrogens with one attached hydrogen (secondary N) is 1. The minimum atomic E-state index is -0.379. The highest BCUT2D eigenvalue weighted by molar-refractivity contribution is 5.66. The lowest BCUT2D eigenvalue weighted by Gasteiger charge is -2.08. The number of carbonyl (C=O) groups is 1. The molecular formula is C18H29NO4. The molecule has 1 rings (SSSR count). The summed E-state index contributed by atoms with van der Waals surface area (Å²) in [4.78, 5) is 11.4. The summed E-state index contributed by atoms with van der Waals surface area (Å²) >= 11 is 0. The topological polar surface area (TPSA) is 56.8 Å². The number of rotatable bonds is 13. The summed E-state index contributed by atoms with van der Waals surface area (Å²) in [5.41, 5.74) is 1.33. The van der Waals surface area contributed by atoms with Crippen molar-refractivity contribution in [3.05, 3.63) is 35.9 Å². The zero-order valence-corrected chi connectivity index (χ0v) is 14.1. The number of amides is 1. The van der Waals surface area contributed by atoms with Crippen molar-refractivity contribution in [2.75, 3.05) is 39.6 Å². The second-order valence-corrected chi connectivity index (χ2v) is 5.23. The Hall–Kier alpha value is -1.59. The zero-order valence-electron chi connectivity index (χ0n) is 14.1. The van der Waals surface area contributed by atoms with Crippen LogP contribution in [0.3, 0.4) is 0 Å². The molecule has 0 atom stereocenters. The molecule has 0 bridgehead atoms. The van der Waals surface area contributed by atoms with Gasteiger partial charge in [0.15, 0.2) is 0 Å². The van der Waals surface area contributed by atoms with Crippen LogP contribution in [0.5, 0.6) is 0 Å². The van der Waals surface area contributed by atoms with E-state index in [-0.39, 0.29) is 12.7 Å². The van der Waals surface area contributed by atoms with Gasteiger partial charge in [-0.25, -0.2) is 4.79 Å². The molecule has 5 heteroatoms. The monoisotopic (exact) mass is 323 g/mol. The minimum absolute atomic E-state index is 0.267. The molecule has 0 spiro atoms. The summed E-state index contributed by atoms with van der Waals surface area (Å²) in [5, 5.41) is 2.75. The fraction of sp³-hybridized carbons (Fsp3) is 0.611. The molecule has 0 heterocycles. The van der Waals surface area contributed by atoms with Crippen molar-refractivity contribution in [3.63, 3.8) is 0 Å². The summed E-state index contributed by atoms with van der Waals surface area (Å²) in [6.07, 6.45) is 3.65.